The van der Waals surface area contributed by atoms with Gasteiger partial charge in [0.1, 0.15) is 11.9 Å². The predicted octanol–water partition coefficient (Wildman–Crippen LogP) is 1.46. The van der Waals surface area contributed by atoms with Crippen molar-refractivity contribution in [3.8, 4) is 12.3 Å². The van der Waals surface area contributed by atoms with Gasteiger partial charge in [0, 0.05) is 5.92 Å². The normalized spacial score (nSPS) is 11.5. The fraction of sp³-hybridized carbons (Fsp3) is 0.200. The van der Waals surface area contributed by atoms with Crippen LogP contribution in [0.1, 0.15) is 18.7 Å². The molecule has 0 saturated carbocycles. The largest absolute Gasteiger partial charge is 0.447 e. The van der Waals surface area contributed by atoms with Crippen LogP contribution in [0.15, 0.2) is 18.3 Å². The average Bonchev–Trinajstić information content (AvgIpc) is 2.18. The molecule has 72 valence electrons. The minimum Gasteiger partial charge on any atom is -0.447 e. The highest BCUT2D eigenvalue weighted by Crippen LogP contribution is 2.13. The van der Waals surface area contributed by atoms with E-state index in [1.807, 2.05) is 5.92 Å². The minimum atomic E-state index is -0.761. The topological polar surface area (TPSA) is 39.2 Å². The molecule has 1 unspecified atom stereocenters. The zero-order chi connectivity index (χ0) is 10.6. The first-order valence-corrected chi connectivity index (χ1v) is 3.92. The fourth-order valence-corrected chi connectivity index (χ4v) is 0.883. The molecule has 1 aromatic rings. The molecule has 0 aliphatic carbocycles. The first-order chi connectivity index (χ1) is 6.63. The third kappa shape index (κ3) is 2.56. The molecule has 0 aliphatic rings. The maximum absolute atomic E-state index is 12.5. The van der Waals surface area contributed by atoms with Crippen molar-refractivity contribution in [3.05, 3.63) is 29.8 Å². The number of aromatic nitrogens is 1. The first kappa shape index (κ1) is 10.2. The Kier molecular flexibility index (Phi) is 3.19. The second kappa shape index (κ2) is 4.38. The van der Waals surface area contributed by atoms with Gasteiger partial charge in [-0.3, -0.25) is 4.98 Å². The zero-order valence-electron chi connectivity index (χ0n) is 7.53. The van der Waals surface area contributed by atoms with Gasteiger partial charge in [0.2, 0.25) is 0 Å². The van der Waals surface area contributed by atoms with Crippen LogP contribution in [0, 0.1) is 18.2 Å². The second-order valence-electron chi connectivity index (χ2n) is 2.59. The molecule has 0 radical (unpaired) electrons. The molecule has 0 saturated heterocycles. The molecule has 0 N–H and O–H groups in total. The zero-order valence-corrected chi connectivity index (χ0v) is 7.53. The Bertz CT molecular complexity index is 367. The van der Waals surface area contributed by atoms with Gasteiger partial charge in [-0.1, -0.05) is 0 Å². The molecule has 14 heavy (non-hydrogen) atoms. The molecule has 1 atom stereocenters. The Hall–Kier alpha value is -1.89. The summed E-state index contributed by atoms with van der Waals surface area (Å²) in [6, 6.07) is 2.67. The minimum absolute atomic E-state index is 0.441. The summed E-state index contributed by atoms with van der Waals surface area (Å²) in [7, 11) is 0. The van der Waals surface area contributed by atoms with Gasteiger partial charge in [0.05, 0.1) is 11.9 Å². The van der Waals surface area contributed by atoms with E-state index in [-0.39, 0.29) is 0 Å². The Balaban J connectivity index is 2.71. The molecule has 3 nitrogen and oxygen atoms in total. The number of nitrogens with zero attached hydrogens (tertiary/aromatic N) is 1. The van der Waals surface area contributed by atoms with E-state index in [0.29, 0.717) is 5.69 Å². The number of esters is 1. The smallest absolute Gasteiger partial charge is 0.384 e. The molecule has 1 heterocycles. The molecular weight excluding hydrogens is 185 g/mol. The van der Waals surface area contributed by atoms with Crippen molar-refractivity contribution in [3.63, 3.8) is 0 Å². The standard InChI is InChI=1S/C10H8FNO2/c1-3-10(13)14-7(2)9-5-4-8(11)6-12-9/h1,4-7H,2H3. The van der Waals surface area contributed by atoms with Crippen LogP contribution in [-0.2, 0) is 9.53 Å². The molecule has 0 spiro atoms. The second-order valence-corrected chi connectivity index (χ2v) is 2.59. The number of pyridine rings is 1. The lowest BCUT2D eigenvalue weighted by Crippen LogP contribution is -2.07. The van der Waals surface area contributed by atoms with Gasteiger partial charge in [0.15, 0.2) is 0 Å². The number of hydrogen-bond acceptors (Lipinski definition) is 3. The Labute approximate surface area is 80.9 Å². The van der Waals surface area contributed by atoms with Crippen molar-refractivity contribution in [2.24, 2.45) is 0 Å². The van der Waals surface area contributed by atoms with Crippen LogP contribution in [0.4, 0.5) is 4.39 Å². The van der Waals surface area contributed by atoms with Gasteiger partial charge in [-0.05, 0) is 19.1 Å². The lowest BCUT2D eigenvalue weighted by molar-refractivity contribution is -0.141. The number of carbonyl (C=O) groups excluding carboxylic acids is 1. The highest BCUT2D eigenvalue weighted by Gasteiger charge is 2.10. The third-order valence-electron chi connectivity index (χ3n) is 1.57. The molecule has 1 aromatic heterocycles. The van der Waals surface area contributed by atoms with Crippen molar-refractivity contribution >= 4 is 5.97 Å². The van der Waals surface area contributed by atoms with Crippen molar-refractivity contribution in [1.29, 1.82) is 0 Å². The summed E-state index contributed by atoms with van der Waals surface area (Å²) in [6.45, 7) is 1.61. The van der Waals surface area contributed by atoms with E-state index in [1.165, 1.54) is 12.1 Å². The summed E-state index contributed by atoms with van der Waals surface area (Å²) in [5.74, 6) is 0.613. The Morgan fingerprint density at radius 2 is 2.43 bits per heavy atom. The van der Waals surface area contributed by atoms with E-state index >= 15 is 0 Å². The quantitative estimate of drug-likeness (QED) is 0.405. The molecule has 0 fully saturated rings. The van der Waals surface area contributed by atoms with Crippen LogP contribution < -0.4 is 0 Å². The monoisotopic (exact) mass is 193 g/mol. The predicted molar refractivity (Wildman–Crippen MR) is 47.5 cm³/mol. The van der Waals surface area contributed by atoms with Crippen LogP contribution in [0.2, 0.25) is 0 Å². The third-order valence-corrected chi connectivity index (χ3v) is 1.57. The summed E-state index contributed by atoms with van der Waals surface area (Å²) in [6.07, 6.45) is 5.30. The lowest BCUT2D eigenvalue weighted by atomic mass is 10.2. The van der Waals surface area contributed by atoms with Gasteiger partial charge >= 0.3 is 5.97 Å². The van der Waals surface area contributed by atoms with E-state index in [9.17, 15) is 9.18 Å². The number of halogens is 1. The maximum atomic E-state index is 12.5. The van der Waals surface area contributed by atoms with Crippen LogP contribution >= 0.6 is 0 Å². The van der Waals surface area contributed by atoms with E-state index in [4.69, 9.17) is 11.2 Å². The first-order valence-electron chi connectivity index (χ1n) is 3.92. The van der Waals surface area contributed by atoms with Crippen molar-refractivity contribution < 1.29 is 13.9 Å². The van der Waals surface area contributed by atoms with E-state index < -0.39 is 17.9 Å². The van der Waals surface area contributed by atoms with Crippen LogP contribution in [0.5, 0.6) is 0 Å². The van der Waals surface area contributed by atoms with Crippen molar-refractivity contribution in [1.82, 2.24) is 4.98 Å². The number of ether oxygens (including phenoxy) is 1. The molecule has 0 aliphatic heterocycles. The summed E-state index contributed by atoms with van der Waals surface area (Å²) in [5.41, 5.74) is 0.454. The van der Waals surface area contributed by atoms with E-state index in [0.717, 1.165) is 6.20 Å². The van der Waals surface area contributed by atoms with Crippen LogP contribution in [0.25, 0.3) is 0 Å². The summed E-state index contributed by atoms with van der Waals surface area (Å²) in [5, 5.41) is 0. The highest BCUT2D eigenvalue weighted by molar-refractivity contribution is 5.87. The molecular formula is C10H8FNO2. The fourth-order valence-electron chi connectivity index (χ4n) is 0.883. The summed E-state index contributed by atoms with van der Waals surface area (Å²) >= 11 is 0. The van der Waals surface area contributed by atoms with Gasteiger partial charge in [-0.15, -0.1) is 6.42 Å². The van der Waals surface area contributed by atoms with Crippen LogP contribution in [0.3, 0.4) is 0 Å². The molecule has 0 aromatic carbocycles. The number of carbonyl (C=O) groups is 1. The maximum Gasteiger partial charge on any atom is 0.384 e. The number of rotatable bonds is 2. The molecule has 4 heteroatoms. The van der Waals surface area contributed by atoms with Crippen LogP contribution in [-0.4, -0.2) is 11.0 Å². The lowest BCUT2D eigenvalue weighted by Gasteiger charge is -2.09. The molecule has 0 amide bonds. The Morgan fingerprint density at radius 1 is 1.71 bits per heavy atom. The summed E-state index contributed by atoms with van der Waals surface area (Å²) < 4.78 is 17.2. The van der Waals surface area contributed by atoms with Crippen molar-refractivity contribution in [2.45, 2.75) is 13.0 Å². The summed E-state index contributed by atoms with van der Waals surface area (Å²) in [4.78, 5) is 14.4. The van der Waals surface area contributed by atoms with E-state index in [2.05, 4.69) is 4.98 Å². The molecule has 1 rings (SSSR count). The van der Waals surface area contributed by atoms with Gasteiger partial charge in [-0.25, -0.2) is 9.18 Å². The number of terminal acetylenes is 1. The number of hydrogen-bond donors (Lipinski definition) is 0. The SMILES string of the molecule is C#CC(=O)OC(C)c1ccc(F)cn1. The highest BCUT2D eigenvalue weighted by atomic mass is 19.1. The van der Waals surface area contributed by atoms with Crippen molar-refractivity contribution in [2.75, 3.05) is 0 Å². The average molecular weight is 193 g/mol. The van der Waals surface area contributed by atoms with Gasteiger partial charge < -0.3 is 4.74 Å². The Morgan fingerprint density at radius 3 is 2.93 bits per heavy atom. The van der Waals surface area contributed by atoms with Gasteiger partial charge in [-0.2, -0.15) is 0 Å². The molecule has 0 bridgehead atoms. The van der Waals surface area contributed by atoms with Gasteiger partial charge in [0.25, 0.3) is 0 Å². The van der Waals surface area contributed by atoms with E-state index in [1.54, 1.807) is 6.92 Å².